The number of alkyl halides is 3. The molecule has 0 aromatic heterocycles. The molecule has 0 atom stereocenters. The highest BCUT2D eigenvalue weighted by atomic mass is 28.3. The standard InChI is InChI=1S/C13H17F3Si/c1-10(9-17(2,3)4)11-7-5-6-8-12(11)13(14,15)16/h5-8H,1,9H2,2-4H3. The van der Waals surface area contributed by atoms with Crippen molar-refractivity contribution in [3.05, 3.63) is 42.0 Å². The summed E-state index contributed by atoms with van der Waals surface area (Å²) in [7, 11) is -1.45. The largest absolute Gasteiger partial charge is 0.416 e. The van der Waals surface area contributed by atoms with Crippen LogP contribution in [0.4, 0.5) is 13.2 Å². The van der Waals surface area contributed by atoms with Crippen LogP contribution in [0.25, 0.3) is 5.57 Å². The second-order valence-electron chi connectivity index (χ2n) is 5.38. The van der Waals surface area contributed by atoms with Crippen LogP contribution in [-0.2, 0) is 6.18 Å². The van der Waals surface area contributed by atoms with E-state index in [4.69, 9.17) is 0 Å². The molecule has 4 heteroatoms. The molecule has 0 amide bonds. The molecule has 17 heavy (non-hydrogen) atoms. The minimum Gasteiger partial charge on any atom is -0.166 e. The Morgan fingerprint density at radius 3 is 2.18 bits per heavy atom. The normalized spacial score (nSPS) is 12.6. The van der Waals surface area contributed by atoms with Gasteiger partial charge in [0.05, 0.1) is 5.56 Å². The van der Waals surface area contributed by atoms with Gasteiger partial charge in [-0.3, -0.25) is 0 Å². The molecule has 0 heterocycles. The first-order valence-corrected chi connectivity index (χ1v) is 9.16. The summed E-state index contributed by atoms with van der Waals surface area (Å²) in [6, 6.07) is 6.34. The molecule has 0 fully saturated rings. The van der Waals surface area contributed by atoms with E-state index < -0.39 is 19.8 Å². The van der Waals surface area contributed by atoms with Crippen LogP contribution in [0.15, 0.2) is 30.8 Å². The molecule has 0 aliphatic heterocycles. The quantitative estimate of drug-likeness (QED) is 0.665. The van der Waals surface area contributed by atoms with Crippen molar-refractivity contribution in [1.29, 1.82) is 0 Å². The lowest BCUT2D eigenvalue weighted by atomic mass is 10.0. The van der Waals surface area contributed by atoms with Crippen molar-refractivity contribution in [2.24, 2.45) is 0 Å². The maximum Gasteiger partial charge on any atom is 0.416 e. The number of hydrogen-bond acceptors (Lipinski definition) is 0. The Kier molecular flexibility index (Phi) is 3.87. The predicted molar refractivity (Wildman–Crippen MR) is 68.6 cm³/mol. The second kappa shape index (κ2) is 4.68. The lowest BCUT2D eigenvalue weighted by Crippen LogP contribution is -2.20. The van der Waals surface area contributed by atoms with Gasteiger partial charge in [0, 0.05) is 8.07 Å². The highest BCUT2D eigenvalue weighted by Crippen LogP contribution is 2.36. The molecule has 0 N–H and O–H groups in total. The Balaban J connectivity index is 3.11. The summed E-state index contributed by atoms with van der Waals surface area (Å²) >= 11 is 0. The van der Waals surface area contributed by atoms with E-state index in [1.165, 1.54) is 12.1 Å². The van der Waals surface area contributed by atoms with E-state index in [2.05, 4.69) is 26.2 Å². The van der Waals surface area contributed by atoms with Crippen LogP contribution in [0.3, 0.4) is 0 Å². The van der Waals surface area contributed by atoms with Gasteiger partial charge in [0.2, 0.25) is 0 Å². The van der Waals surface area contributed by atoms with Crippen molar-refractivity contribution < 1.29 is 13.2 Å². The van der Waals surface area contributed by atoms with E-state index in [9.17, 15) is 13.2 Å². The second-order valence-corrected chi connectivity index (χ2v) is 10.9. The van der Waals surface area contributed by atoms with Gasteiger partial charge in [0.1, 0.15) is 0 Å². The maximum atomic E-state index is 12.8. The predicted octanol–water partition coefficient (Wildman–Crippen LogP) is 5.06. The third-order valence-corrected chi connectivity index (χ3v) is 3.84. The van der Waals surface area contributed by atoms with Crippen LogP contribution in [0.5, 0.6) is 0 Å². The van der Waals surface area contributed by atoms with E-state index in [1.807, 2.05) is 0 Å². The molecule has 0 saturated heterocycles. The number of hydrogen-bond donors (Lipinski definition) is 0. The summed E-state index contributed by atoms with van der Waals surface area (Å²) in [4.78, 5) is 0. The summed E-state index contributed by atoms with van der Waals surface area (Å²) in [6.45, 7) is 10.2. The summed E-state index contributed by atoms with van der Waals surface area (Å²) in [6.07, 6.45) is -4.31. The molecule has 0 saturated carbocycles. The lowest BCUT2D eigenvalue weighted by Gasteiger charge is -2.20. The molecule has 0 aliphatic rings. The zero-order valence-electron chi connectivity index (χ0n) is 10.4. The van der Waals surface area contributed by atoms with Gasteiger partial charge >= 0.3 is 6.18 Å². The highest BCUT2D eigenvalue weighted by molar-refractivity contribution is 6.77. The van der Waals surface area contributed by atoms with Crippen LogP contribution < -0.4 is 0 Å². The van der Waals surface area contributed by atoms with E-state index in [-0.39, 0.29) is 5.56 Å². The first kappa shape index (κ1) is 14.0. The van der Waals surface area contributed by atoms with Crippen molar-refractivity contribution in [3.63, 3.8) is 0 Å². The maximum absolute atomic E-state index is 12.8. The molecule has 0 nitrogen and oxygen atoms in total. The molecule has 0 radical (unpaired) electrons. The minimum absolute atomic E-state index is 0.238. The molecule has 1 aromatic carbocycles. The van der Waals surface area contributed by atoms with Crippen LogP contribution in [0.2, 0.25) is 25.7 Å². The molecule has 0 bridgehead atoms. The molecule has 1 aromatic rings. The molecule has 94 valence electrons. The third kappa shape index (κ3) is 4.04. The zero-order valence-corrected chi connectivity index (χ0v) is 11.4. The summed E-state index contributed by atoms with van der Waals surface area (Å²) in [5, 5.41) is 0. The Morgan fingerprint density at radius 1 is 1.18 bits per heavy atom. The summed E-state index contributed by atoms with van der Waals surface area (Å²) in [5.41, 5.74) is 0.253. The van der Waals surface area contributed by atoms with Crippen molar-refractivity contribution in [3.8, 4) is 0 Å². The molecule has 0 unspecified atom stereocenters. The molecule has 0 aliphatic carbocycles. The average Bonchev–Trinajstić information content (AvgIpc) is 2.13. The van der Waals surface area contributed by atoms with Gasteiger partial charge in [0.25, 0.3) is 0 Å². The lowest BCUT2D eigenvalue weighted by molar-refractivity contribution is -0.137. The fourth-order valence-electron chi connectivity index (χ4n) is 1.77. The average molecular weight is 258 g/mol. The Labute approximate surface area is 101 Å². The van der Waals surface area contributed by atoms with Crippen molar-refractivity contribution >= 4 is 13.6 Å². The minimum atomic E-state index is -4.31. The first-order valence-electron chi connectivity index (χ1n) is 5.45. The fourth-order valence-corrected chi connectivity index (χ4v) is 3.24. The SMILES string of the molecule is C=C(C[Si](C)(C)C)c1ccccc1C(F)(F)F. The van der Waals surface area contributed by atoms with Gasteiger partial charge < -0.3 is 0 Å². The number of halogens is 3. The van der Waals surface area contributed by atoms with E-state index >= 15 is 0 Å². The molecular formula is C13H17F3Si. The van der Waals surface area contributed by atoms with Crippen molar-refractivity contribution in [1.82, 2.24) is 0 Å². The van der Waals surface area contributed by atoms with Gasteiger partial charge in [-0.2, -0.15) is 13.2 Å². The Morgan fingerprint density at radius 2 is 1.71 bits per heavy atom. The van der Waals surface area contributed by atoms with Crippen molar-refractivity contribution in [2.45, 2.75) is 31.9 Å². The van der Waals surface area contributed by atoms with Crippen LogP contribution >= 0.6 is 0 Å². The Hall–Kier alpha value is -1.03. The fraction of sp³-hybridized carbons (Fsp3) is 0.385. The van der Waals surface area contributed by atoms with E-state index in [0.29, 0.717) is 11.6 Å². The number of allylic oxidation sites excluding steroid dienone is 1. The van der Waals surface area contributed by atoms with Gasteiger partial charge in [-0.05, 0) is 17.7 Å². The third-order valence-electron chi connectivity index (χ3n) is 2.36. The monoisotopic (exact) mass is 258 g/mol. The van der Waals surface area contributed by atoms with Crippen molar-refractivity contribution in [2.75, 3.05) is 0 Å². The molecular weight excluding hydrogens is 241 g/mol. The summed E-state index contributed by atoms with van der Waals surface area (Å²) < 4.78 is 38.4. The van der Waals surface area contributed by atoms with Crippen LogP contribution in [0.1, 0.15) is 11.1 Å². The first-order chi connectivity index (χ1) is 7.61. The molecule has 0 spiro atoms. The van der Waals surface area contributed by atoms with Crippen LogP contribution in [0, 0.1) is 0 Å². The smallest absolute Gasteiger partial charge is 0.166 e. The summed E-state index contributed by atoms with van der Waals surface area (Å²) in [5.74, 6) is 0. The van der Waals surface area contributed by atoms with Gasteiger partial charge in [-0.1, -0.05) is 50.0 Å². The van der Waals surface area contributed by atoms with E-state index in [0.717, 1.165) is 6.07 Å². The van der Waals surface area contributed by atoms with Crippen LogP contribution in [-0.4, -0.2) is 8.07 Å². The highest BCUT2D eigenvalue weighted by Gasteiger charge is 2.33. The van der Waals surface area contributed by atoms with Gasteiger partial charge in [-0.15, -0.1) is 0 Å². The number of rotatable bonds is 3. The topological polar surface area (TPSA) is 0 Å². The van der Waals surface area contributed by atoms with E-state index in [1.54, 1.807) is 6.07 Å². The van der Waals surface area contributed by atoms with Gasteiger partial charge in [0.15, 0.2) is 0 Å². The number of benzene rings is 1. The van der Waals surface area contributed by atoms with Gasteiger partial charge in [-0.25, -0.2) is 0 Å². The molecule has 1 rings (SSSR count). The Bertz CT molecular complexity index is 413. The zero-order chi connectivity index (χ0) is 13.3.